The van der Waals surface area contributed by atoms with Gasteiger partial charge in [-0.05, 0) is 18.9 Å². The molecule has 16 heavy (non-hydrogen) atoms. The third-order valence-electron chi connectivity index (χ3n) is 2.40. The molecule has 3 amide bonds. The molecule has 1 aromatic heterocycles. The number of aromatic nitrogens is 2. The molecule has 0 radical (unpaired) electrons. The van der Waals surface area contributed by atoms with Crippen molar-refractivity contribution in [1.82, 2.24) is 15.3 Å². The molecule has 1 heterocycles. The first-order chi connectivity index (χ1) is 7.62. The van der Waals surface area contributed by atoms with E-state index in [9.17, 15) is 9.59 Å². The molecule has 1 aromatic rings. The fraction of sp³-hybridized carbons (Fsp3) is 0.333. The summed E-state index contributed by atoms with van der Waals surface area (Å²) < 4.78 is 0. The maximum absolute atomic E-state index is 11.5. The van der Waals surface area contributed by atoms with Crippen LogP contribution in [0.3, 0.4) is 0 Å². The molecule has 7 heteroatoms. The van der Waals surface area contributed by atoms with Gasteiger partial charge >= 0.3 is 6.03 Å². The zero-order valence-corrected chi connectivity index (χ0v) is 8.43. The lowest BCUT2D eigenvalue weighted by molar-refractivity contribution is -0.120. The number of amides is 3. The zero-order valence-electron chi connectivity index (χ0n) is 8.43. The number of nitrogens with zero attached hydrogens (tertiary/aromatic N) is 2. The van der Waals surface area contributed by atoms with Gasteiger partial charge < -0.3 is 11.1 Å². The molecule has 0 bridgehead atoms. The molecule has 2 rings (SSSR count). The number of anilines is 1. The summed E-state index contributed by atoms with van der Waals surface area (Å²) in [7, 11) is 0. The van der Waals surface area contributed by atoms with Gasteiger partial charge in [0.15, 0.2) is 0 Å². The highest BCUT2D eigenvalue weighted by Crippen LogP contribution is 2.34. The Morgan fingerprint density at radius 2 is 2.19 bits per heavy atom. The minimum Gasteiger partial charge on any atom is -0.368 e. The van der Waals surface area contributed by atoms with Crippen LogP contribution in [0.25, 0.3) is 0 Å². The Bertz CT molecular complexity index is 415. The van der Waals surface area contributed by atoms with E-state index in [1.807, 2.05) is 0 Å². The van der Waals surface area contributed by atoms with E-state index in [2.05, 4.69) is 20.6 Å². The van der Waals surface area contributed by atoms with Crippen LogP contribution >= 0.6 is 0 Å². The quantitative estimate of drug-likeness (QED) is 0.645. The van der Waals surface area contributed by atoms with E-state index >= 15 is 0 Å². The summed E-state index contributed by atoms with van der Waals surface area (Å²) in [6.07, 6.45) is 3.99. The predicted octanol–water partition coefficient (Wildman–Crippen LogP) is -0.384. The van der Waals surface area contributed by atoms with Gasteiger partial charge in [-0.1, -0.05) is 0 Å². The molecule has 0 saturated heterocycles. The Hall–Kier alpha value is -2.18. The van der Waals surface area contributed by atoms with Gasteiger partial charge in [0, 0.05) is 6.20 Å². The van der Waals surface area contributed by atoms with Crippen LogP contribution in [0.4, 0.5) is 10.6 Å². The number of hydrogen-bond acceptors (Lipinski definition) is 4. The molecule has 1 saturated carbocycles. The smallest absolute Gasteiger partial charge is 0.321 e. The number of rotatable bonds is 3. The average molecular weight is 221 g/mol. The van der Waals surface area contributed by atoms with Crippen LogP contribution in [0.15, 0.2) is 18.6 Å². The van der Waals surface area contributed by atoms with Crippen LogP contribution in [0.1, 0.15) is 12.8 Å². The molecular weight excluding hydrogens is 210 g/mol. The number of primary amides is 1. The first-order valence-corrected chi connectivity index (χ1v) is 4.77. The van der Waals surface area contributed by atoms with Crippen molar-refractivity contribution in [2.75, 3.05) is 5.32 Å². The second-order valence-electron chi connectivity index (χ2n) is 3.62. The Morgan fingerprint density at radius 1 is 1.44 bits per heavy atom. The van der Waals surface area contributed by atoms with Crippen molar-refractivity contribution in [1.29, 1.82) is 0 Å². The van der Waals surface area contributed by atoms with Crippen LogP contribution in [0.5, 0.6) is 0 Å². The molecule has 0 aromatic carbocycles. The number of nitrogens with two attached hydrogens (primary N) is 1. The van der Waals surface area contributed by atoms with Crippen molar-refractivity contribution in [3.05, 3.63) is 18.6 Å². The summed E-state index contributed by atoms with van der Waals surface area (Å²) in [6.45, 7) is 0. The second kappa shape index (κ2) is 3.76. The van der Waals surface area contributed by atoms with E-state index in [4.69, 9.17) is 5.73 Å². The number of carbonyl (C=O) groups is 2. The monoisotopic (exact) mass is 221 g/mol. The van der Waals surface area contributed by atoms with E-state index in [0.717, 1.165) is 0 Å². The van der Waals surface area contributed by atoms with Gasteiger partial charge in [-0.15, -0.1) is 0 Å². The molecule has 1 fully saturated rings. The third kappa shape index (κ3) is 2.08. The molecule has 7 nitrogen and oxygen atoms in total. The summed E-state index contributed by atoms with van der Waals surface area (Å²) in [5, 5.41) is 5.01. The first-order valence-electron chi connectivity index (χ1n) is 4.77. The third-order valence-corrected chi connectivity index (χ3v) is 2.40. The Morgan fingerprint density at radius 3 is 2.69 bits per heavy atom. The normalized spacial score (nSPS) is 16.2. The van der Waals surface area contributed by atoms with Gasteiger partial charge in [0.1, 0.15) is 17.7 Å². The fourth-order valence-electron chi connectivity index (χ4n) is 1.29. The van der Waals surface area contributed by atoms with Crippen LogP contribution < -0.4 is 16.4 Å². The molecule has 1 aliphatic rings. The molecular formula is C9H11N5O2. The molecule has 0 aliphatic heterocycles. The predicted molar refractivity (Wildman–Crippen MR) is 55.3 cm³/mol. The van der Waals surface area contributed by atoms with Gasteiger partial charge in [-0.2, -0.15) is 0 Å². The topological polar surface area (TPSA) is 110 Å². The molecule has 0 spiro atoms. The standard InChI is InChI=1S/C9H11N5O2/c10-7(15)9(2-3-9)14-8(16)13-6-1-4-11-5-12-6/h1,4-5H,2-3H2,(H2,10,15)(H2,11,12,13,14,16). The highest BCUT2D eigenvalue weighted by atomic mass is 16.2. The molecule has 4 N–H and O–H groups in total. The summed E-state index contributed by atoms with van der Waals surface area (Å²) in [6, 6.07) is 1.05. The van der Waals surface area contributed by atoms with Crippen molar-refractivity contribution >= 4 is 17.8 Å². The summed E-state index contributed by atoms with van der Waals surface area (Å²) in [5.41, 5.74) is 4.30. The number of nitrogens with one attached hydrogen (secondary N) is 2. The minimum absolute atomic E-state index is 0.368. The highest BCUT2D eigenvalue weighted by molar-refractivity contribution is 5.96. The number of urea groups is 1. The maximum atomic E-state index is 11.5. The minimum atomic E-state index is -0.864. The summed E-state index contributed by atoms with van der Waals surface area (Å²) in [4.78, 5) is 30.0. The van der Waals surface area contributed by atoms with Gasteiger partial charge in [-0.25, -0.2) is 14.8 Å². The van der Waals surface area contributed by atoms with Gasteiger partial charge in [0.25, 0.3) is 0 Å². The lowest BCUT2D eigenvalue weighted by atomic mass is 10.2. The maximum Gasteiger partial charge on any atom is 0.321 e. The summed E-state index contributed by atoms with van der Waals surface area (Å²) >= 11 is 0. The molecule has 1 aliphatic carbocycles. The van der Waals surface area contributed by atoms with Crippen molar-refractivity contribution in [3.63, 3.8) is 0 Å². The van der Waals surface area contributed by atoms with Crippen LogP contribution in [0, 0.1) is 0 Å². The molecule has 84 valence electrons. The van der Waals surface area contributed by atoms with Gasteiger partial charge in [-0.3, -0.25) is 10.1 Å². The van der Waals surface area contributed by atoms with E-state index in [1.54, 1.807) is 6.07 Å². The lowest BCUT2D eigenvalue weighted by Crippen LogP contribution is -2.48. The largest absolute Gasteiger partial charge is 0.368 e. The number of hydrogen-bond donors (Lipinski definition) is 3. The van der Waals surface area contributed by atoms with E-state index in [0.29, 0.717) is 18.7 Å². The van der Waals surface area contributed by atoms with Crippen LogP contribution in [0.2, 0.25) is 0 Å². The zero-order chi connectivity index (χ0) is 11.6. The highest BCUT2D eigenvalue weighted by Gasteiger charge is 2.49. The van der Waals surface area contributed by atoms with Crippen molar-refractivity contribution in [2.24, 2.45) is 5.73 Å². The Kier molecular flexibility index (Phi) is 2.43. The second-order valence-corrected chi connectivity index (χ2v) is 3.62. The average Bonchev–Trinajstić information content (AvgIpc) is 3.00. The van der Waals surface area contributed by atoms with E-state index in [-0.39, 0.29) is 0 Å². The molecule has 0 atom stereocenters. The van der Waals surface area contributed by atoms with Crippen molar-refractivity contribution < 1.29 is 9.59 Å². The summed E-state index contributed by atoms with van der Waals surface area (Å²) in [5.74, 6) is -0.141. The van der Waals surface area contributed by atoms with E-state index in [1.165, 1.54) is 12.5 Å². The lowest BCUT2D eigenvalue weighted by Gasteiger charge is -2.13. The number of carbonyl (C=O) groups excluding carboxylic acids is 2. The van der Waals surface area contributed by atoms with Gasteiger partial charge in [0.05, 0.1) is 0 Å². The van der Waals surface area contributed by atoms with Gasteiger partial charge in [0.2, 0.25) is 5.91 Å². The van der Waals surface area contributed by atoms with Crippen molar-refractivity contribution in [3.8, 4) is 0 Å². The fourth-order valence-corrected chi connectivity index (χ4v) is 1.29. The SMILES string of the molecule is NC(=O)C1(NC(=O)Nc2ccncn2)CC1. The van der Waals surface area contributed by atoms with Crippen LogP contribution in [-0.2, 0) is 4.79 Å². The van der Waals surface area contributed by atoms with Crippen LogP contribution in [-0.4, -0.2) is 27.4 Å². The Labute approximate surface area is 91.5 Å². The Balaban J connectivity index is 1.93. The molecule has 0 unspecified atom stereocenters. The van der Waals surface area contributed by atoms with E-state index < -0.39 is 17.5 Å². The first kappa shape index (κ1) is 10.3. The van der Waals surface area contributed by atoms with Crippen molar-refractivity contribution in [2.45, 2.75) is 18.4 Å².